The second-order valence-corrected chi connectivity index (χ2v) is 6.07. The van der Waals surface area contributed by atoms with Crippen molar-refractivity contribution < 1.29 is 14.4 Å². The van der Waals surface area contributed by atoms with Crippen LogP contribution >= 0.6 is 0 Å². The largest absolute Gasteiger partial charge is 0.355 e. The molecule has 0 aromatic carbocycles. The van der Waals surface area contributed by atoms with Gasteiger partial charge in [0.25, 0.3) is 5.91 Å². The van der Waals surface area contributed by atoms with Crippen molar-refractivity contribution in [3.05, 3.63) is 24.4 Å². The second-order valence-electron chi connectivity index (χ2n) is 6.07. The first-order valence-corrected chi connectivity index (χ1v) is 8.06. The number of amides is 4. The third-order valence-electron chi connectivity index (χ3n) is 4.54. The number of aromatic nitrogens is 1. The average molecular weight is 331 g/mol. The van der Waals surface area contributed by atoms with Crippen molar-refractivity contribution in [1.29, 1.82) is 0 Å². The molecule has 3 rings (SSSR count). The van der Waals surface area contributed by atoms with E-state index >= 15 is 0 Å². The lowest BCUT2D eigenvalue weighted by molar-refractivity contribution is -0.137. The van der Waals surface area contributed by atoms with Gasteiger partial charge in [-0.3, -0.25) is 14.5 Å². The third-order valence-corrected chi connectivity index (χ3v) is 4.54. The van der Waals surface area contributed by atoms with Crippen LogP contribution in [0, 0.1) is 0 Å². The normalized spacial score (nSPS) is 21.0. The fraction of sp³-hybridized carbons (Fsp3) is 0.500. The van der Waals surface area contributed by atoms with Crippen molar-refractivity contribution in [2.45, 2.75) is 18.9 Å². The number of likely N-dealkylation sites (N-methyl/N-ethyl adjacent to an activating group) is 1. The number of carbonyl (C=O) groups excluding carboxylic acids is 3. The van der Waals surface area contributed by atoms with Crippen LogP contribution in [-0.2, 0) is 9.59 Å². The number of rotatable bonds is 4. The van der Waals surface area contributed by atoms with Crippen molar-refractivity contribution in [3.63, 3.8) is 0 Å². The van der Waals surface area contributed by atoms with Gasteiger partial charge in [-0.25, -0.2) is 9.78 Å². The number of hydrogen-bond acceptors (Lipinski definition) is 5. The minimum absolute atomic E-state index is 0.0350. The Morgan fingerprint density at radius 2 is 2.25 bits per heavy atom. The maximum atomic E-state index is 12.5. The summed E-state index contributed by atoms with van der Waals surface area (Å²) in [6.45, 7) is 1.36. The Labute approximate surface area is 140 Å². The topological polar surface area (TPSA) is 85.8 Å². The smallest absolute Gasteiger partial charge is 0.325 e. The van der Waals surface area contributed by atoms with E-state index in [9.17, 15) is 14.4 Å². The fourth-order valence-electron chi connectivity index (χ4n) is 3.09. The van der Waals surface area contributed by atoms with Gasteiger partial charge in [-0.15, -0.1) is 0 Å². The molecule has 3 heterocycles. The van der Waals surface area contributed by atoms with Crippen LogP contribution in [-0.4, -0.2) is 71.9 Å². The Balaban J connectivity index is 1.61. The van der Waals surface area contributed by atoms with Gasteiger partial charge in [0.15, 0.2) is 0 Å². The average Bonchev–Trinajstić information content (AvgIpc) is 2.94. The zero-order chi connectivity index (χ0) is 17.1. The summed E-state index contributed by atoms with van der Waals surface area (Å²) < 4.78 is 0. The lowest BCUT2D eigenvalue weighted by Crippen LogP contribution is -2.51. The summed E-state index contributed by atoms with van der Waals surface area (Å²) in [6.07, 6.45) is 3.61. The molecule has 2 aliphatic heterocycles. The van der Waals surface area contributed by atoms with Crippen LogP contribution in [0.2, 0.25) is 0 Å². The van der Waals surface area contributed by atoms with E-state index < -0.39 is 6.03 Å². The predicted molar refractivity (Wildman–Crippen MR) is 87.4 cm³/mol. The number of carbonyl (C=O) groups is 3. The van der Waals surface area contributed by atoms with Crippen molar-refractivity contribution in [2.75, 3.05) is 38.1 Å². The van der Waals surface area contributed by atoms with Crippen molar-refractivity contribution in [3.8, 4) is 0 Å². The van der Waals surface area contributed by atoms with E-state index in [1.54, 1.807) is 18.1 Å². The number of hydrogen-bond donors (Lipinski definition) is 1. The lowest BCUT2D eigenvalue weighted by atomic mass is 10.0. The molecule has 0 spiro atoms. The van der Waals surface area contributed by atoms with E-state index in [-0.39, 0.29) is 30.9 Å². The van der Waals surface area contributed by atoms with Gasteiger partial charge in [0, 0.05) is 32.4 Å². The molecule has 2 saturated heterocycles. The molecule has 0 bridgehead atoms. The summed E-state index contributed by atoms with van der Waals surface area (Å²) in [6, 6.07) is 5.31. The summed E-state index contributed by atoms with van der Waals surface area (Å²) in [5.74, 6) is 0.311. The molecule has 1 aromatic rings. The van der Waals surface area contributed by atoms with Crippen LogP contribution in [0.3, 0.4) is 0 Å². The summed E-state index contributed by atoms with van der Waals surface area (Å²) >= 11 is 0. The second kappa shape index (κ2) is 6.86. The molecule has 8 nitrogen and oxygen atoms in total. The molecular weight excluding hydrogens is 310 g/mol. The molecule has 0 radical (unpaired) electrons. The molecule has 4 amide bonds. The van der Waals surface area contributed by atoms with Gasteiger partial charge in [0.2, 0.25) is 5.91 Å². The van der Waals surface area contributed by atoms with Crippen molar-refractivity contribution >= 4 is 23.7 Å². The molecule has 24 heavy (non-hydrogen) atoms. The minimum Gasteiger partial charge on any atom is -0.355 e. The lowest BCUT2D eigenvalue weighted by Gasteiger charge is -2.38. The molecule has 0 unspecified atom stereocenters. The van der Waals surface area contributed by atoms with Crippen molar-refractivity contribution in [2.24, 2.45) is 0 Å². The zero-order valence-electron chi connectivity index (χ0n) is 13.6. The third kappa shape index (κ3) is 3.32. The van der Waals surface area contributed by atoms with E-state index in [0.717, 1.165) is 30.1 Å². The van der Waals surface area contributed by atoms with Crippen molar-refractivity contribution in [1.82, 2.24) is 20.1 Å². The molecule has 8 heteroatoms. The quantitative estimate of drug-likeness (QED) is 0.789. The summed E-state index contributed by atoms with van der Waals surface area (Å²) in [7, 11) is 1.73. The molecule has 1 aromatic heterocycles. The highest BCUT2D eigenvalue weighted by atomic mass is 16.2. The fourth-order valence-corrected chi connectivity index (χ4v) is 3.09. The molecule has 1 atom stereocenters. The van der Waals surface area contributed by atoms with Crippen LogP contribution in [0.1, 0.15) is 12.8 Å². The van der Waals surface area contributed by atoms with Crippen LogP contribution in [0.4, 0.5) is 10.6 Å². The molecule has 0 aliphatic carbocycles. The Bertz CT molecular complexity index is 620. The molecule has 0 saturated carbocycles. The van der Waals surface area contributed by atoms with Crippen LogP contribution in [0.15, 0.2) is 24.4 Å². The van der Waals surface area contributed by atoms with Crippen LogP contribution in [0.5, 0.6) is 0 Å². The maximum Gasteiger partial charge on any atom is 0.325 e. The first-order valence-electron chi connectivity index (χ1n) is 8.06. The van der Waals surface area contributed by atoms with E-state index in [1.165, 1.54) is 0 Å². The maximum absolute atomic E-state index is 12.5. The van der Waals surface area contributed by atoms with Gasteiger partial charge < -0.3 is 15.1 Å². The Morgan fingerprint density at radius 3 is 2.92 bits per heavy atom. The highest BCUT2D eigenvalue weighted by molar-refractivity contribution is 6.04. The highest BCUT2D eigenvalue weighted by Gasteiger charge is 2.33. The monoisotopic (exact) mass is 331 g/mol. The Hall–Kier alpha value is -2.64. The van der Waals surface area contributed by atoms with E-state index in [2.05, 4.69) is 15.2 Å². The van der Waals surface area contributed by atoms with Gasteiger partial charge in [0.05, 0.1) is 6.54 Å². The minimum atomic E-state index is -0.500. The number of nitrogens with zero attached hydrogens (tertiary/aromatic N) is 4. The highest BCUT2D eigenvalue weighted by Crippen LogP contribution is 2.20. The first kappa shape index (κ1) is 16.2. The van der Waals surface area contributed by atoms with Crippen LogP contribution in [0.25, 0.3) is 0 Å². The Kier molecular flexibility index (Phi) is 4.64. The molecular formula is C16H21N5O3. The standard InChI is InChI=1S/C16H21N5O3/c1-19(15(23)11-21-14(22)9-18-16(21)24)12-5-4-8-20(10-12)13-6-2-3-7-17-13/h2-3,6-7,12H,4-5,8-11H2,1H3,(H,18,24)/t12-/m0/s1. The molecule has 1 N–H and O–H groups in total. The van der Waals surface area contributed by atoms with Gasteiger partial charge in [-0.1, -0.05) is 6.07 Å². The SMILES string of the molecule is CN(C(=O)CN1C(=O)CNC1=O)[C@H]1CCCN(c2ccccn2)C1. The van der Waals surface area contributed by atoms with Gasteiger partial charge >= 0.3 is 6.03 Å². The number of anilines is 1. The summed E-state index contributed by atoms with van der Waals surface area (Å²) in [4.78, 5) is 44.8. The Morgan fingerprint density at radius 1 is 1.42 bits per heavy atom. The van der Waals surface area contributed by atoms with Gasteiger partial charge in [-0.2, -0.15) is 0 Å². The van der Waals surface area contributed by atoms with E-state index in [4.69, 9.17) is 0 Å². The van der Waals surface area contributed by atoms with E-state index in [0.29, 0.717) is 6.54 Å². The number of urea groups is 1. The zero-order valence-corrected chi connectivity index (χ0v) is 13.6. The molecule has 128 valence electrons. The summed E-state index contributed by atoms with van der Waals surface area (Å²) in [5.41, 5.74) is 0. The summed E-state index contributed by atoms with van der Waals surface area (Å²) in [5, 5.41) is 2.42. The van der Waals surface area contributed by atoms with Gasteiger partial charge in [0.1, 0.15) is 12.4 Å². The predicted octanol–water partition coefficient (Wildman–Crippen LogP) is 0.0606. The first-order chi connectivity index (χ1) is 11.6. The number of piperidine rings is 1. The molecule has 2 fully saturated rings. The van der Waals surface area contributed by atoms with E-state index in [1.807, 2.05) is 18.2 Å². The number of imide groups is 1. The molecule has 2 aliphatic rings. The number of nitrogens with one attached hydrogen (secondary N) is 1. The number of pyridine rings is 1. The van der Waals surface area contributed by atoms with Gasteiger partial charge in [-0.05, 0) is 25.0 Å². The van der Waals surface area contributed by atoms with Crippen LogP contribution < -0.4 is 10.2 Å².